The van der Waals surface area contributed by atoms with E-state index in [4.69, 9.17) is 5.73 Å². The van der Waals surface area contributed by atoms with Crippen LogP contribution in [0.25, 0.3) is 11.5 Å². The largest absolute Gasteiger partial charge is 0.384 e. The number of nitrogens with zero attached hydrogens (tertiary/aromatic N) is 3. The maximum atomic E-state index is 5.53. The molecule has 2 rings (SSSR count). The number of hydrogen-bond acceptors (Lipinski definition) is 4. The van der Waals surface area contributed by atoms with Gasteiger partial charge >= 0.3 is 0 Å². The molecule has 0 bridgehead atoms. The minimum absolute atomic E-state index is 0.457. The van der Waals surface area contributed by atoms with Crippen LogP contribution in [0.1, 0.15) is 5.56 Å². The second kappa shape index (κ2) is 2.85. The number of nitrogen functional groups attached to an aromatic ring is 1. The van der Waals surface area contributed by atoms with E-state index >= 15 is 0 Å². The fourth-order valence-corrected chi connectivity index (χ4v) is 1.07. The molecular formula is C8H9N5. The lowest BCUT2D eigenvalue weighted by Crippen LogP contribution is -1.95. The van der Waals surface area contributed by atoms with Gasteiger partial charge in [-0.3, -0.25) is 5.10 Å². The van der Waals surface area contributed by atoms with Crippen molar-refractivity contribution in [2.45, 2.75) is 6.92 Å². The second-order valence-electron chi connectivity index (χ2n) is 2.73. The highest BCUT2D eigenvalue weighted by Gasteiger charge is 2.05. The zero-order chi connectivity index (χ0) is 9.26. The standard InChI is InChI=1S/C8H9N5/c1-5-4-11-13-7(5)8-10-3-2-6(9)12-8/h2-4H,1H3,(H,11,13)(H2,9,10,12). The lowest BCUT2D eigenvalue weighted by atomic mass is 10.2. The van der Waals surface area contributed by atoms with Crippen molar-refractivity contribution in [3.63, 3.8) is 0 Å². The molecule has 0 spiro atoms. The SMILES string of the molecule is Cc1cn[nH]c1-c1nccc(N)n1. The Bertz CT molecular complexity index is 420. The molecule has 0 aromatic carbocycles. The van der Waals surface area contributed by atoms with Crippen molar-refractivity contribution in [1.29, 1.82) is 0 Å². The van der Waals surface area contributed by atoms with E-state index in [9.17, 15) is 0 Å². The van der Waals surface area contributed by atoms with Gasteiger partial charge in [0.05, 0.1) is 6.20 Å². The third-order valence-electron chi connectivity index (χ3n) is 1.73. The first kappa shape index (κ1) is 7.72. The van der Waals surface area contributed by atoms with E-state index in [2.05, 4.69) is 20.2 Å². The molecule has 2 heterocycles. The first-order valence-corrected chi connectivity index (χ1v) is 3.86. The van der Waals surface area contributed by atoms with Crippen LogP contribution in [0.3, 0.4) is 0 Å². The van der Waals surface area contributed by atoms with Crippen LogP contribution in [-0.2, 0) is 0 Å². The molecule has 0 saturated heterocycles. The van der Waals surface area contributed by atoms with Gasteiger partial charge in [0, 0.05) is 6.20 Å². The molecule has 13 heavy (non-hydrogen) atoms. The summed E-state index contributed by atoms with van der Waals surface area (Å²) in [6, 6.07) is 1.65. The Labute approximate surface area is 75.0 Å². The monoisotopic (exact) mass is 175 g/mol. The van der Waals surface area contributed by atoms with Crippen molar-refractivity contribution in [3.8, 4) is 11.5 Å². The third-order valence-corrected chi connectivity index (χ3v) is 1.73. The van der Waals surface area contributed by atoms with E-state index in [1.165, 1.54) is 0 Å². The van der Waals surface area contributed by atoms with Crippen molar-refractivity contribution in [3.05, 3.63) is 24.0 Å². The van der Waals surface area contributed by atoms with Crippen molar-refractivity contribution >= 4 is 5.82 Å². The number of aromatic amines is 1. The molecule has 2 aromatic rings. The molecule has 0 aliphatic rings. The van der Waals surface area contributed by atoms with Gasteiger partial charge in [-0.15, -0.1) is 0 Å². The summed E-state index contributed by atoms with van der Waals surface area (Å²) in [6.07, 6.45) is 3.35. The van der Waals surface area contributed by atoms with E-state index in [-0.39, 0.29) is 0 Å². The minimum atomic E-state index is 0.457. The van der Waals surface area contributed by atoms with Crippen LogP contribution in [0.5, 0.6) is 0 Å². The highest BCUT2D eigenvalue weighted by molar-refractivity contribution is 5.54. The fraction of sp³-hybridized carbons (Fsp3) is 0.125. The van der Waals surface area contributed by atoms with Crippen LogP contribution in [0.15, 0.2) is 18.5 Å². The Hall–Kier alpha value is -1.91. The Balaban J connectivity index is 2.53. The second-order valence-corrected chi connectivity index (χ2v) is 2.73. The molecule has 0 atom stereocenters. The van der Waals surface area contributed by atoms with Gasteiger partial charge in [0.1, 0.15) is 11.5 Å². The highest BCUT2D eigenvalue weighted by Crippen LogP contribution is 2.15. The average molecular weight is 175 g/mol. The number of aromatic nitrogens is 4. The van der Waals surface area contributed by atoms with Gasteiger partial charge in [-0.1, -0.05) is 0 Å². The van der Waals surface area contributed by atoms with Crippen LogP contribution >= 0.6 is 0 Å². The number of H-pyrrole nitrogens is 1. The molecular weight excluding hydrogens is 166 g/mol. The van der Waals surface area contributed by atoms with Crippen molar-refractivity contribution in [1.82, 2.24) is 20.2 Å². The topological polar surface area (TPSA) is 80.5 Å². The Kier molecular flexibility index (Phi) is 1.70. The summed E-state index contributed by atoms with van der Waals surface area (Å²) in [4.78, 5) is 8.15. The normalized spacial score (nSPS) is 10.2. The lowest BCUT2D eigenvalue weighted by molar-refractivity contribution is 1.06. The molecule has 0 aliphatic carbocycles. The zero-order valence-corrected chi connectivity index (χ0v) is 7.15. The van der Waals surface area contributed by atoms with Gasteiger partial charge in [0.25, 0.3) is 0 Å². The molecule has 5 heteroatoms. The summed E-state index contributed by atoms with van der Waals surface area (Å²) < 4.78 is 0. The van der Waals surface area contributed by atoms with Gasteiger partial charge in [-0.2, -0.15) is 5.10 Å². The fourth-order valence-electron chi connectivity index (χ4n) is 1.07. The summed E-state index contributed by atoms with van der Waals surface area (Å²) in [7, 11) is 0. The molecule has 3 N–H and O–H groups in total. The first-order valence-electron chi connectivity index (χ1n) is 3.86. The third kappa shape index (κ3) is 1.35. The number of rotatable bonds is 1. The predicted molar refractivity (Wildman–Crippen MR) is 48.8 cm³/mol. The summed E-state index contributed by atoms with van der Waals surface area (Å²) in [6.45, 7) is 1.94. The summed E-state index contributed by atoms with van der Waals surface area (Å²) in [5.74, 6) is 1.04. The number of nitrogens with one attached hydrogen (secondary N) is 1. The Morgan fingerprint density at radius 3 is 2.92 bits per heavy atom. The number of anilines is 1. The summed E-state index contributed by atoms with van der Waals surface area (Å²) in [5.41, 5.74) is 7.35. The van der Waals surface area contributed by atoms with Crippen LogP contribution in [0.4, 0.5) is 5.82 Å². The number of aryl methyl sites for hydroxylation is 1. The molecule has 0 amide bonds. The smallest absolute Gasteiger partial charge is 0.179 e. The molecule has 0 radical (unpaired) electrons. The molecule has 66 valence electrons. The van der Waals surface area contributed by atoms with Crippen LogP contribution in [0, 0.1) is 6.92 Å². The Morgan fingerprint density at radius 1 is 1.46 bits per heavy atom. The Morgan fingerprint density at radius 2 is 2.31 bits per heavy atom. The van der Waals surface area contributed by atoms with Gasteiger partial charge in [0.2, 0.25) is 0 Å². The zero-order valence-electron chi connectivity index (χ0n) is 7.15. The highest BCUT2D eigenvalue weighted by atomic mass is 15.1. The van der Waals surface area contributed by atoms with Gasteiger partial charge in [0.15, 0.2) is 5.82 Å². The summed E-state index contributed by atoms with van der Waals surface area (Å²) in [5, 5.41) is 6.70. The van der Waals surface area contributed by atoms with Crippen LogP contribution in [0.2, 0.25) is 0 Å². The predicted octanol–water partition coefficient (Wildman–Crippen LogP) is 0.757. The van der Waals surface area contributed by atoms with Gasteiger partial charge in [-0.05, 0) is 18.6 Å². The molecule has 0 saturated carbocycles. The summed E-state index contributed by atoms with van der Waals surface area (Å²) >= 11 is 0. The number of nitrogens with two attached hydrogens (primary N) is 1. The first-order chi connectivity index (χ1) is 6.27. The maximum absolute atomic E-state index is 5.53. The van der Waals surface area contributed by atoms with Crippen molar-refractivity contribution in [2.75, 3.05) is 5.73 Å². The average Bonchev–Trinajstić information content (AvgIpc) is 2.51. The van der Waals surface area contributed by atoms with Crippen LogP contribution in [-0.4, -0.2) is 20.2 Å². The molecule has 0 unspecified atom stereocenters. The maximum Gasteiger partial charge on any atom is 0.179 e. The van der Waals surface area contributed by atoms with Crippen LogP contribution < -0.4 is 5.73 Å². The van der Waals surface area contributed by atoms with E-state index < -0.39 is 0 Å². The number of hydrogen-bond donors (Lipinski definition) is 2. The van der Waals surface area contributed by atoms with E-state index in [0.717, 1.165) is 11.3 Å². The molecule has 0 fully saturated rings. The van der Waals surface area contributed by atoms with E-state index in [0.29, 0.717) is 11.6 Å². The minimum Gasteiger partial charge on any atom is -0.384 e. The molecule has 5 nitrogen and oxygen atoms in total. The van der Waals surface area contributed by atoms with Gasteiger partial charge in [-0.25, -0.2) is 9.97 Å². The van der Waals surface area contributed by atoms with E-state index in [1.807, 2.05) is 6.92 Å². The van der Waals surface area contributed by atoms with Gasteiger partial charge < -0.3 is 5.73 Å². The quantitative estimate of drug-likeness (QED) is 0.670. The van der Waals surface area contributed by atoms with Crippen molar-refractivity contribution < 1.29 is 0 Å². The lowest BCUT2D eigenvalue weighted by Gasteiger charge is -1.97. The van der Waals surface area contributed by atoms with Crippen molar-refractivity contribution in [2.24, 2.45) is 0 Å². The molecule has 2 aromatic heterocycles. The molecule has 0 aliphatic heterocycles. The van der Waals surface area contributed by atoms with E-state index in [1.54, 1.807) is 18.5 Å².